The van der Waals surface area contributed by atoms with E-state index in [1.165, 1.54) is 12.1 Å². The molecule has 0 radical (unpaired) electrons. The van der Waals surface area contributed by atoms with E-state index in [0.717, 1.165) is 12.0 Å². The normalized spacial score (nSPS) is 22.0. The van der Waals surface area contributed by atoms with Gasteiger partial charge in [0.2, 0.25) is 0 Å². The number of hydrogen-bond donors (Lipinski definition) is 1. The molecule has 0 unspecified atom stereocenters. The van der Waals surface area contributed by atoms with Crippen LogP contribution in [0.1, 0.15) is 32.8 Å². The van der Waals surface area contributed by atoms with Gasteiger partial charge in [-0.15, -0.1) is 0 Å². The molecule has 1 amide bonds. The number of likely N-dealkylation sites (tertiary alicyclic amines) is 1. The Kier molecular flexibility index (Phi) is 5.12. The molecule has 0 bridgehead atoms. The minimum Gasteiger partial charge on any atom is -0.444 e. The molecule has 0 aromatic heterocycles. The first-order valence-corrected chi connectivity index (χ1v) is 8.15. The smallest absolute Gasteiger partial charge is 0.410 e. The van der Waals surface area contributed by atoms with Crippen LogP contribution in [0.3, 0.4) is 0 Å². The highest BCUT2D eigenvalue weighted by Gasteiger charge is 2.37. The van der Waals surface area contributed by atoms with Crippen LogP contribution in [-0.4, -0.2) is 35.2 Å². The first-order valence-electron chi connectivity index (χ1n) is 7.36. The molecular weight excluding hydrogens is 351 g/mol. The minimum absolute atomic E-state index is 0.130. The first kappa shape index (κ1) is 17.2. The Bertz CT molecular complexity index is 539. The predicted octanol–water partition coefficient (Wildman–Crippen LogP) is 3.47. The zero-order valence-corrected chi connectivity index (χ0v) is 14.7. The summed E-state index contributed by atoms with van der Waals surface area (Å²) >= 11 is 3.28. The van der Waals surface area contributed by atoms with Crippen LogP contribution in [0.4, 0.5) is 9.18 Å². The van der Waals surface area contributed by atoms with Gasteiger partial charge in [-0.2, -0.15) is 0 Å². The van der Waals surface area contributed by atoms with Crippen molar-refractivity contribution in [2.45, 2.75) is 51.3 Å². The third kappa shape index (κ3) is 4.43. The van der Waals surface area contributed by atoms with Gasteiger partial charge in [0.25, 0.3) is 0 Å². The van der Waals surface area contributed by atoms with Gasteiger partial charge in [0, 0.05) is 17.1 Å². The third-order valence-corrected chi connectivity index (χ3v) is 4.05. The molecule has 0 aliphatic carbocycles. The molecule has 2 atom stereocenters. The van der Waals surface area contributed by atoms with Gasteiger partial charge in [0.1, 0.15) is 11.4 Å². The Labute approximate surface area is 138 Å². The fraction of sp³-hybridized carbons (Fsp3) is 0.562. The third-order valence-electron chi connectivity index (χ3n) is 3.59. The van der Waals surface area contributed by atoms with Crippen molar-refractivity contribution in [3.8, 4) is 0 Å². The summed E-state index contributed by atoms with van der Waals surface area (Å²) in [5.41, 5.74) is 6.40. The van der Waals surface area contributed by atoms with E-state index in [2.05, 4.69) is 15.9 Å². The van der Waals surface area contributed by atoms with E-state index in [-0.39, 0.29) is 24.0 Å². The Morgan fingerprint density at radius 1 is 1.45 bits per heavy atom. The second kappa shape index (κ2) is 6.54. The lowest BCUT2D eigenvalue weighted by Gasteiger charge is -2.30. The van der Waals surface area contributed by atoms with Gasteiger partial charge in [-0.25, -0.2) is 9.18 Å². The van der Waals surface area contributed by atoms with Crippen LogP contribution in [0, 0.1) is 5.82 Å². The van der Waals surface area contributed by atoms with Gasteiger partial charge in [0.15, 0.2) is 0 Å². The molecule has 1 fully saturated rings. The number of nitrogens with two attached hydrogens (primary N) is 1. The highest BCUT2D eigenvalue weighted by atomic mass is 79.9. The summed E-state index contributed by atoms with van der Waals surface area (Å²) in [6.45, 7) is 6.07. The standard InChI is InChI=1S/C16H22BrFN2O2/c1-16(2,3)22-15(21)20-5-4-13(19)14(20)8-10-6-11(17)9-12(18)7-10/h6-7,9,13-14H,4-5,8,19H2,1-3H3/t13-,14-/m0/s1. The summed E-state index contributed by atoms with van der Waals surface area (Å²) in [6, 6.07) is 4.42. The summed E-state index contributed by atoms with van der Waals surface area (Å²) in [5, 5.41) is 0. The van der Waals surface area contributed by atoms with Crippen molar-refractivity contribution in [3.05, 3.63) is 34.1 Å². The predicted molar refractivity (Wildman–Crippen MR) is 87.1 cm³/mol. The summed E-state index contributed by atoms with van der Waals surface area (Å²) in [7, 11) is 0. The van der Waals surface area contributed by atoms with Crippen molar-refractivity contribution < 1.29 is 13.9 Å². The van der Waals surface area contributed by atoms with E-state index in [4.69, 9.17) is 10.5 Å². The summed E-state index contributed by atoms with van der Waals surface area (Å²) < 4.78 is 19.6. The van der Waals surface area contributed by atoms with Crippen molar-refractivity contribution in [2.75, 3.05) is 6.54 Å². The van der Waals surface area contributed by atoms with E-state index in [1.807, 2.05) is 26.8 Å². The van der Waals surface area contributed by atoms with Crippen molar-refractivity contribution >= 4 is 22.0 Å². The largest absolute Gasteiger partial charge is 0.444 e. The van der Waals surface area contributed by atoms with Crippen LogP contribution in [-0.2, 0) is 11.2 Å². The fourth-order valence-electron chi connectivity index (χ4n) is 2.66. The van der Waals surface area contributed by atoms with Crippen molar-refractivity contribution in [1.82, 2.24) is 4.90 Å². The maximum atomic E-state index is 13.5. The van der Waals surface area contributed by atoms with Crippen LogP contribution in [0.5, 0.6) is 0 Å². The number of nitrogens with zero attached hydrogens (tertiary/aromatic N) is 1. The van der Waals surface area contributed by atoms with Gasteiger partial charge < -0.3 is 15.4 Å². The number of ether oxygens (including phenoxy) is 1. The molecule has 2 N–H and O–H groups in total. The number of rotatable bonds is 2. The van der Waals surface area contributed by atoms with E-state index in [1.54, 1.807) is 4.90 Å². The molecule has 4 nitrogen and oxygen atoms in total. The van der Waals surface area contributed by atoms with Crippen LogP contribution in [0.25, 0.3) is 0 Å². The molecule has 0 saturated carbocycles. The SMILES string of the molecule is CC(C)(C)OC(=O)N1CC[C@H](N)[C@@H]1Cc1cc(F)cc(Br)c1. The zero-order chi connectivity index (χ0) is 16.5. The molecule has 22 heavy (non-hydrogen) atoms. The Balaban J connectivity index is 2.14. The van der Waals surface area contributed by atoms with Gasteiger partial charge in [0.05, 0.1) is 6.04 Å². The average molecular weight is 373 g/mol. The van der Waals surface area contributed by atoms with Gasteiger partial charge in [-0.1, -0.05) is 15.9 Å². The van der Waals surface area contributed by atoms with Crippen molar-refractivity contribution in [3.63, 3.8) is 0 Å². The molecular formula is C16H22BrFN2O2. The Hall–Kier alpha value is -1.14. The topological polar surface area (TPSA) is 55.6 Å². The molecule has 1 aromatic carbocycles. The molecule has 0 spiro atoms. The van der Waals surface area contributed by atoms with Crippen molar-refractivity contribution in [1.29, 1.82) is 0 Å². The molecule has 2 rings (SSSR count). The average Bonchev–Trinajstić information content (AvgIpc) is 2.67. The molecule has 1 saturated heterocycles. The number of amides is 1. The molecule has 1 aliphatic rings. The zero-order valence-electron chi connectivity index (χ0n) is 13.1. The molecule has 122 valence electrons. The molecule has 1 aromatic rings. The van der Waals surface area contributed by atoms with Crippen LogP contribution in [0.2, 0.25) is 0 Å². The first-order chi connectivity index (χ1) is 10.2. The van der Waals surface area contributed by atoms with Gasteiger partial charge in [-0.3, -0.25) is 0 Å². The number of carbonyl (C=O) groups is 1. The van der Waals surface area contributed by atoms with E-state index in [9.17, 15) is 9.18 Å². The number of benzene rings is 1. The lowest BCUT2D eigenvalue weighted by molar-refractivity contribution is 0.0220. The van der Waals surface area contributed by atoms with E-state index >= 15 is 0 Å². The fourth-order valence-corrected chi connectivity index (χ4v) is 3.17. The van der Waals surface area contributed by atoms with Gasteiger partial charge >= 0.3 is 6.09 Å². The number of hydrogen-bond acceptors (Lipinski definition) is 3. The summed E-state index contributed by atoms with van der Waals surface area (Å²) in [4.78, 5) is 14.0. The maximum Gasteiger partial charge on any atom is 0.410 e. The van der Waals surface area contributed by atoms with E-state index in [0.29, 0.717) is 17.4 Å². The second-order valence-electron chi connectivity index (χ2n) is 6.68. The van der Waals surface area contributed by atoms with Crippen LogP contribution < -0.4 is 5.73 Å². The quantitative estimate of drug-likeness (QED) is 0.864. The molecule has 1 aliphatic heterocycles. The Morgan fingerprint density at radius 2 is 2.14 bits per heavy atom. The van der Waals surface area contributed by atoms with Crippen molar-refractivity contribution in [2.24, 2.45) is 5.73 Å². The maximum absolute atomic E-state index is 13.5. The summed E-state index contributed by atoms with van der Waals surface area (Å²) in [6.07, 6.45) is 0.873. The minimum atomic E-state index is -0.545. The lowest BCUT2D eigenvalue weighted by atomic mass is 10.0. The monoisotopic (exact) mass is 372 g/mol. The highest BCUT2D eigenvalue weighted by molar-refractivity contribution is 9.10. The Morgan fingerprint density at radius 3 is 2.73 bits per heavy atom. The summed E-state index contributed by atoms with van der Waals surface area (Å²) in [5.74, 6) is -0.306. The molecule has 6 heteroatoms. The van der Waals surface area contributed by atoms with Gasteiger partial charge in [-0.05, 0) is 57.4 Å². The lowest BCUT2D eigenvalue weighted by Crippen LogP contribution is -2.46. The van der Waals surface area contributed by atoms with Crippen LogP contribution in [0.15, 0.2) is 22.7 Å². The highest BCUT2D eigenvalue weighted by Crippen LogP contribution is 2.25. The van der Waals surface area contributed by atoms with Crippen LogP contribution >= 0.6 is 15.9 Å². The number of carbonyl (C=O) groups excluding carboxylic acids is 1. The molecule has 1 heterocycles. The van der Waals surface area contributed by atoms with E-state index < -0.39 is 5.60 Å². The second-order valence-corrected chi connectivity index (χ2v) is 7.59. The number of halogens is 2.